The fourth-order valence-corrected chi connectivity index (χ4v) is 2.60. The summed E-state index contributed by atoms with van der Waals surface area (Å²) in [5, 5.41) is -0.0619. The maximum absolute atomic E-state index is 12.0. The molecule has 0 fully saturated rings. The molecule has 0 aliphatic heterocycles. The van der Waals surface area contributed by atoms with Gasteiger partial charge in [0.15, 0.2) is 5.03 Å². The van der Waals surface area contributed by atoms with Crippen LogP contribution in [-0.2, 0) is 26.6 Å². The number of nitrogens with one attached hydrogen (secondary N) is 1. The van der Waals surface area contributed by atoms with Crippen LogP contribution in [0.3, 0.4) is 0 Å². The molecule has 1 N–H and O–H groups in total. The van der Waals surface area contributed by atoms with Crippen LogP contribution in [0.1, 0.15) is 19.7 Å². The van der Waals surface area contributed by atoms with Crippen LogP contribution < -0.4 is 4.72 Å². The van der Waals surface area contributed by atoms with E-state index in [0.717, 1.165) is 0 Å². The smallest absolute Gasteiger partial charge is 0.312 e. The molecule has 0 atom stereocenters. The molecular formula is C11H19N3O4S. The second-order valence-corrected chi connectivity index (χ2v) is 6.65. The normalized spacial score (nSPS) is 12.5. The molecule has 1 aromatic heterocycles. The minimum atomic E-state index is -3.73. The Bertz CT molecular complexity index is 555. The quantitative estimate of drug-likeness (QED) is 0.782. The number of hydrogen-bond donors (Lipinski definition) is 1. The molecule has 0 saturated heterocycles. The molecule has 0 radical (unpaired) electrons. The van der Waals surface area contributed by atoms with E-state index in [9.17, 15) is 13.2 Å². The summed E-state index contributed by atoms with van der Waals surface area (Å²) in [7, 11) is -0.754. The number of aromatic nitrogens is 2. The van der Waals surface area contributed by atoms with Gasteiger partial charge in [-0.15, -0.1) is 0 Å². The minimum absolute atomic E-state index is 0.0579. The number of hydrogen-bond acceptors (Lipinski definition) is 5. The molecule has 1 heterocycles. The van der Waals surface area contributed by atoms with Crippen molar-refractivity contribution in [2.75, 3.05) is 13.7 Å². The highest BCUT2D eigenvalue weighted by atomic mass is 32.2. The van der Waals surface area contributed by atoms with E-state index in [2.05, 4.69) is 14.4 Å². The van der Waals surface area contributed by atoms with Crippen molar-refractivity contribution in [3.63, 3.8) is 0 Å². The van der Waals surface area contributed by atoms with Crippen LogP contribution in [0.5, 0.6) is 0 Å². The molecule has 108 valence electrons. The number of imidazole rings is 1. The lowest BCUT2D eigenvalue weighted by molar-refractivity contribution is -0.150. The van der Waals surface area contributed by atoms with E-state index in [1.54, 1.807) is 32.4 Å². The molecule has 1 aromatic rings. The minimum Gasteiger partial charge on any atom is -0.469 e. The lowest BCUT2D eigenvalue weighted by Crippen LogP contribution is -2.39. The first-order valence-corrected chi connectivity index (χ1v) is 7.16. The summed E-state index contributed by atoms with van der Waals surface area (Å²) in [5.41, 5.74) is -0.939. The topological polar surface area (TPSA) is 90.3 Å². The standard InChI is InChI=1S/C11H19N3O4S/c1-8-13-9(6-14(8)4)19(16,17)12-7-11(2,3)10(15)18-5/h6,12H,7H2,1-5H3. The highest BCUT2D eigenvalue weighted by molar-refractivity contribution is 7.89. The van der Waals surface area contributed by atoms with Gasteiger partial charge in [0, 0.05) is 19.8 Å². The number of rotatable bonds is 5. The summed E-state index contributed by atoms with van der Waals surface area (Å²) < 4.78 is 32.6. The Hall–Kier alpha value is -1.41. The summed E-state index contributed by atoms with van der Waals surface area (Å²) in [6.07, 6.45) is 1.42. The van der Waals surface area contributed by atoms with Crippen molar-refractivity contribution < 1.29 is 17.9 Å². The zero-order chi connectivity index (χ0) is 14.8. The number of carbonyl (C=O) groups excluding carboxylic acids is 1. The van der Waals surface area contributed by atoms with Gasteiger partial charge in [-0.2, -0.15) is 0 Å². The van der Waals surface area contributed by atoms with Crippen LogP contribution in [0.2, 0.25) is 0 Å². The Morgan fingerprint density at radius 2 is 2.11 bits per heavy atom. The molecule has 0 aliphatic carbocycles. The summed E-state index contributed by atoms with van der Waals surface area (Å²) in [6, 6.07) is 0. The second kappa shape index (κ2) is 5.30. The van der Waals surface area contributed by atoms with E-state index < -0.39 is 21.4 Å². The average Bonchev–Trinajstić information content (AvgIpc) is 2.67. The number of esters is 1. The lowest BCUT2D eigenvalue weighted by atomic mass is 9.94. The van der Waals surface area contributed by atoms with Crippen LogP contribution in [0, 0.1) is 12.3 Å². The van der Waals surface area contributed by atoms with Crippen LogP contribution in [-0.4, -0.2) is 37.6 Å². The van der Waals surface area contributed by atoms with Gasteiger partial charge >= 0.3 is 5.97 Å². The lowest BCUT2D eigenvalue weighted by Gasteiger charge is -2.21. The van der Waals surface area contributed by atoms with Crippen LogP contribution in [0.25, 0.3) is 0 Å². The third kappa shape index (κ3) is 3.54. The van der Waals surface area contributed by atoms with Crippen molar-refractivity contribution in [2.24, 2.45) is 12.5 Å². The number of carbonyl (C=O) groups is 1. The Labute approximate surface area is 113 Å². The fraction of sp³-hybridized carbons (Fsp3) is 0.636. The average molecular weight is 289 g/mol. The van der Waals surface area contributed by atoms with E-state index in [-0.39, 0.29) is 11.6 Å². The van der Waals surface area contributed by atoms with Crippen molar-refractivity contribution in [2.45, 2.75) is 25.8 Å². The third-order valence-corrected chi connectivity index (χ3v) is 4.08. The van der Waals surface area contributed by atoms with E-state index in [0.29, 0.717) is 5.82 Å². The van der Waals surface area contributed by atoms with E-state index in [1.165, 1.54) is 13.3 Å². The van der Waals surface area contributed by atoms with Gasteiger partial charge in [0.2, 0.25) is 0 Å². The van der Waals surface area contributed by atoms with Crippen LogP contribution in [0.4, 0.5) is 0 Å². The Morgan fingerprint density at radius 1 is 1.53 bits per heavy atom. The molecule has 19 heavy (non-hydrogen) atoms. The highest BCUT2D eigenvalue weighted by Gasteiger charge is 2.31. The van der Waals surface area contributed by atoms with Gasteiger partial charge < -0.3 is 9.30 Å². The van der Waals surface area contributed by atoms with Crippen molar-refractivity contribution in [1.29, 1.82) is 0 Å². The molecule has 0 aromatic carbocycles. The number of methoxy groups -OCH3 is 1. The van der Waals surface area contributed by atoms with Gasteiger partial charge in [0.25, 0.3) is 10.0 Å². The molecular weight excluding hydrogens is 270 g/mol. The zero-order valence-electron chi connectivity index (χ0n) is 11.7. The fourth-order valence-electron chi connectivity index (χ4n) is 1.35. The van der Waals surface area contributed by atoms with Crippen LogP contribution in [0.15, 0.2) is 11.2 Å². The van der Waals surface area contributed by atoms with E-state index in [4.69, 9.17) is 0 Å². The largest absolute Gasteiger partial charge is 0.469 e. The monoisotopic (exact) mass is 289 g/mol. The van der Waals surface area contributed by atoms with Gasteiger partial charge in [-0.1, -0.05) is 0 Å². The first-order valence-electron chi connectivity index (χ1n) is 5.68. The highest BCUT2D eigenvalue weighted by Crippen LogP contribution is 2.17. The van der Waals surface area contributed by atoms with Gasteiger partial charge in [0.05, 0.1) is 12.5 Å². The first-order chi connectivity index (χ1) is 8.60. The maximum Gasteiger partial charge on any atom is 0.312 e. The molecule has 0 aliphatic rings. The van der Waals surface area contributed by atoms with Gasteiger partial charge in [0.1, 0.15) is 5.82 Å². The second-order valence-electron chi connectivity index (χ2n) is 4.94. The zero-order valence-corrected chi connectivity index (χ0v) is 12.5. The molecule has 0 saturated carbocycles. The molecule has 8 heteroatoms. The number of nitrogens with zero attached hydrogens (tertiary/aromatic N) is 2. The third-order valence-electron chi connectivity index (χ3n) is 2.80. The SMILES string of the molecule is COC(=O)C(C)(C)CNS(=O)(=O)c1cn(C)c(C)n1. The van der Waals surface area contributed by atoms with Crippen LogP contribution >= 0.6 is 0 Å². The molecule has 0 spiro atoms. The Kier molecular flexibility index (Phi) is 4.36. The number of sulfonamides is 1. The molecule has 0 bridgehead atoms. The number of ether oxygens (including phenoxy) is 1. The van der Waals surface area contributed by atoms with Crippen molar-refractivity contribution >= 4 is 16.0 Å². The summed E-state index contributed by atoms with van der Waals surface area (Å²) in [6.45, 7) is 4.85. The summed E-state index contributed by atoms with van der Waals surface area (Å²) >= 11 is 0. The summed E-state index contributed by atoms with van der Waals surface area (Å²) in [5.74, 6) is 0.111. The first kappa shape index (κ1) is 15.6. The van der Waals surface area contributed by atoms with E-state index in [1.807, 2.05) is 0 Å². The predicted molar refractivity (Wildman–Crippen MR) is 68.9 cm³/mol. The van der Waals surface area contributed by atoms with Gasteiger partial charge in [-0.3, -0.25) is 4.79 Å². The van der Waals surface area contributed by atoms with E-state index >= 15 is 0 Å². The molecule has 0 amide bonds. The predicted octanol–water partition coefficient (Wildman–Crippen LogP) is 0.206. The molecule has 0 unspecified atom stereocenters. The number of aryl methyl sites for hydroxylation is 2. The van der Waals surface area contributed by atoms with Crippen molar-refractivity contribution in [1.82, 2.24) is 14.3 Å². The van der Waals surface area contributed by atoms with Gasteiger partial charge in [-0.05, 0) is 20.8 Å². The Balaban J connectivity index is 2.85. The Morgan fingerprint density at radius 3 is 2.53 bits per heavy atom. The van der Waals surface area contributed by atoms with Crippen molar-refractivity contribution in [3.05, 3.63) is 12.0 Å². The maximum atomic E-state index is 12.0. The molecule has 1 rings (SSSR count). The summed E-state index contributed by atoms with van der Waals surface area (Å²) in [4.78, 5) is 15.4. The van der Waals surface area contributed by atoms with Crippen molar-refractivity contribution in [3.8, 4) is 0 Å². The van der Waals surface area contributed by atoms with Gasteiger partial charge in [-0.25, -0.2) is 18.1 Å². The molecule has 7 nitrogen and oxygen atoms in total.